The fourth-order valence-electron chi connectivity index (χ4n) is 3.18. The van der Waals surface area contributed by atoms with Gasteiger partial charge in [-0.2, -0.15) is 0 Å². The van der Waals surface area contributed by atoms with Gasteiger partial charge < -0.3 is 10.2 Å². The average molecular weight is 477 g/mol. The fourth-order valence-corrected chi connectivity index (χ4v) is 4.29. The van der Waals surface area contributed by atoms with Gasteiger partial charge in [-0.1, -0.05) is 57.4 Å². The SMILES string of the molecule is CCNC(=O)C(C)N(Cc1ccc(Br)cc1)C(=O)CSCc1cc(C)cc(C)c1. The third kappa shape index (κ3) is 7.52. The van der Waals surface area contributed by atoms with Crippen LogP contribution in [0.5, 0.6) is 0 Å². The van der Waals surface area contributed by atoms with Crippen molar-refractivity contribution in [3.05, 3.63) is 69.2 Å². The molecule has 0 saturated heterocycles. The lowest BCUT2D eigenvalue weighted by atomic mass is 10.1. The highest BCUT2D eigenvalue weighted by molar-refractivity contribution is 9.10. The Morgan fingerprint density at radius 2 is 1.69 bits per heavy atom. The topological polar surface area (TPSA) is 49.4 Å². The van der Waals surface area contributed by atoms with Crippen LogP contribution in [0.25, 0.3) is 0 Å². The first-order valence-corrected chi connectivity index (χ1v) is 11.7. The predicted octanol–water partition coefficient (Wildman–Crippen LogP) is 4.85. The molecule has 2 rings (SSSR count). The van der Waals surface area contributed by atoms with Gasteiger partial charge in [-0.25, -0.2) is 0 Å². The Bertz CT molecular complexity index is 819. The minimum atomic E-state index is -0.520. The van der Waals surface area contributed by atoms with Crippen LogP contribution in [0.15, 0.2) is 46.9 Å². The van der Waals surface area contributed by atoms with E-state index in [1.54, 1.807) is 23.6 Å². The molecule has 1 N–H and O–H groups in total. The Labute approximate surface area is 186 Å². The number of hydrogen-bond acceptors (Lipinski definition) is 3. The summed E-state index contributed by atoms with van der Waals surface area (Å²) in [6.07, 6.45) is 0. The quantitative estimate of drug-likeness (QED) is 0.562. The Balaban J connectivity index is 2.06. The number of benzene rings is 2. The van der Waals surface area contributed by atoms with Crippen LogP contribution in [0.3, 0.4) is 0 Å². The lowest BCUT2D eigenvalue weighted by Gasteiger charge is -2.28. The Hall–Kier alpha value is -1.79. The van der Waals surface area contributed by atoms with E-state index in [0.717, 1.165) is 15.8 Å². The number of likely N-dealkylation sites (N-methyl/N-ethyl adjacent to an activating group) is 1. The first-order valence-electron chi connectivity index (χ1n) is 9.76. The van der Waals surface area contributed by atoms with Crippen LogP contribution >= 0.6 is 27.7 Å². The van der Waals surface area contributed by atoms with Crippen molar-refractivity contribution in [3.63, 3.8) is 0 Å². The molecule has 0 aliphatic carbocycles. The molecule has 1 unspecified atom stereocenters. The number of nitrogens with one attached hydrogen (secondary N) is 1. The van der Waals surface area contributed by atoms with Crippen LogP contribution < -0.4 is 5.32 Å². The monoisotopic (exact) mass is 476 g/mol. The maximum Gasteiger partial charge on any atom is 0.242 e. The maximum atomic E-state index is 13.0. The van der Waals surface area contributed by atoms with Crippen LogP contribution in [0.4, 0.5) is 0 Å². The number of carbonyl (C=O) groups excluding carboxylic acids is 2. The van der Waals surface area contributed by atoms with Gasteiger partial charge >= 0.3 is 0 Å². The van der Waals surface area contributed by atoms with E-state index in [-0.39, 0.29) is 11.8 Å². The van der Waals surface area contributed by atoms with Crippen molar-refractivity contribution < 1.29 is 9.59 Å². The zero-order chi connectivity index (χ0) is 21.4. The molecule has 0 aromatic heterocycles. The summed E-state index contributed by atoms with van der Waals surface area (Å²) >= 11 is 5.02. The number of amides is 2. The zero-order valence-corrected chi connectivity index (χ0v) is 19.9. The van der Waals surface area contributed by atoms with E-state index in [0.29, 0.717) is 18.8 Å². The van der Waals surface area contributed by atoms with Gasteiger partial charge in [-0.05, 0) is 51.0 Å². The van der Waals surface area contributed by atoms with Crippen LogP contribution in [-0.4, -0.2) is 35.1 Å². The third-order valence-corrected chi connectivity index (χ3v) is 6.08. The van der Waals surface area contributed by atoms with Crippen molar-refractivity contribution in [1.29, 1.82) is 0 Å². The molecule has 0 aliphatic heterocycles. The summed E-state index contributed by atoms with van der Waals surface area (Å²) in [5, 5.41) is 2.82. The van der Waals surface area contributed by atoms with Crippen molar-refractivity contribution in [2.75, 3.05) is 12.3 Å². The summed E-state index contributed by atoms with van der Waals surface area (Å²) < 4.78 is 0.986. The maximum absolute atomic E-state index is 13.0. The molecule has 0 heterocycles. The first-order chi connectivity index (χ1) is 13.8. The molecular weight excluding hydrogens is 448 g/mol. The molecule has 0 fully saturated rings. The molecule has 2 aromatic carbocycles. The average Bonchev–Trinajstić information content (AvgIpc) is 2.66. The first kappa shape index (κ1) is 23.5. The van der Waals surface area contributed by atoms with E-state index in [9.17, 15) is 9.59 Å². The summed E-state index contributed by atoms with van der Waals surface area (Å²) in [4.78, 5) is 27.1. The van der Waals surface area contributed by atoms with E-state index in [1.807, 2.05) is 31.2 Å². The van der Waals surface area contributed by atoms with Crippen LogP contribution in [0, 0.1) is 13.8 Å². The van der Waals surface area contributed by atoms with Crippen molar-refractivity contribution in [2.45, 2.75) is 46.0 Å². The van der Waals surface area contributed by atoms with Gasteiger partial charge in [-0.3, -0.25) is 9.59 Å². The summed E-state index contributed by atoms with van der Waals surface area (Å²) in [6.45, 7) is 8.79. The van der Waals surface area contributed by atoms with Gasteiger partial charge in [0.05, 0.1) is 5.75 Å². The Kier molecular flexibility index (Phi) is 9.24. The van der Waals surface area contributed by atoms with Crippen LogP contribution in [-0.2, 0) is 21.9 Å². The van der Waals surface area contributed by atoms with E-state index < -0.39 is 6.04 Å². The second-order valence-electron chi connectivity index (χ2n) is 7.21. The number of carbonyl (C=O) groups is 2. The molecular formula is C23H29BrN2O2S. The van der Waals surface area contributed by atoms with Gasteiger partial charge in [-0.15, -0.1) is 11.8 Å². The van der Waals surface area contributed by atoms with Crippen molar-refractivity contribution in [1.82, 2.24) is 10.2 Å². The Morgan fingerprint density at radius 3 is 2.28 bits per heavy atom. The molecule has 0 aliphatic rings. The zero-order valence-electron chi connectivity index (χ0n) is 17.5. The molecule has 2 aromatic rings. The molecule has 1 atom stereocenters. The van der Waals surface area contributed by atoms with Crippen LogP contribution in [0.1, 0.15) is 36.1 Å². The summed E-state index contributed by atoms with van der Waals surface area (Å²) in [5.41, 5.74) is 4.68. The van der Waals surface area contributed by atoms with E-state index in [2.05, 4.69) is 53.3 Å². The summed E-state index contributed by atoms with van der Waals surface area (Å²) in [7, 11) is 0. The third-order valence-electron chi connectivity index (χ3n) is 4.56. The number of halogens is 1. The van der Waals surface area contributed by atoms with E-state index in [1.165, 1.54) is 16.7 Å². The van der Waals surface area contributed by atoms with Crippen molar-refractivity contribution >= 4 is 39.5 Å². The number of aryl methyl sites for hydroxylation is 2. The molecule has 0 radical (unpaired) electrons. The molecule has 6 heteroatoms. The number of rotatable bonds is 9. The van der Waals surface area contributed by atoms with Crippen LogP contribution in [0.2, 0.25) is 0 Å². The van der Waals surface area contributed by atoms with Gasteiger partial charge in [0, 0.05) is 23.3 Å². The highest BCUT2D eigenvalue weighted by Crippen LogP contribution is 2.19. The minimum Gasteiger partial charge on any atom is -0.355 e. The summed E-state index contributed by atoms with van der Waals surface area (Å²) in [5.74, 6) is 0.960. The molecule has 0 saturated carbocycles. The normalized spacial score (nSPS) is 11.8. The minimum absolute atomic E-state index is 0.0268. The molecule has 2 amide bonds. The molecule has 156 valence electrons. The van der Waals surface area contributed by atoms with Gasteiger partial charge in [0.15, 0.2) is 0 Å². The van der Waals surface area contributed by atoms with Gasteiger partial charge in [0.25, 0.3) is 0 Å². The van der Waals surface area contributed by atoms with Crippen molar-refractivity contribution in [2.24, 2.45) is 0 Å². The Morgan fingerprint density at radius 1 is 1.07 bits per heavy atom. The lowest BCUT2D eigenvalue weighted by molar-refractivity contribution is -0.138. The molecule has 29 heavy (non-hydrogen) atoms. The largest absolute Gasteiger partial charge is 0.355 e. The highest BCUT2D eigenvalue weighted by Gasteiger charge is 2.25. The summed E-state index contributed by atoms with van der Waals surface area (Å²) in [6, 6.07) is 13.8. The fraction of sp³-hybridized carbons (Fsp3) is 0.391. The van der Waals surface area contributed by atoms with Gasteiger partial charge in [0.2, 0.25) is 11.8 Å². The lowest BCUT2D eigenvalue weighted by Crippen LogP contribution is -2.48. The number of thioether (sulfide) groups is 1. The standard InChI is InChI=1S/C23H29BrN2O2S/c1-5-25-23(28)18(4)26(13-19-6-8-21(24)9-7-19)22(27)15-29-14-20-11-16(2)10-17(3)12-20/h6-12,18H,5,13-15H2,1-4H3,(H,25,28). The molecule has 0 bridgehead atoms. The highest BCUT2D eigenvalue weighted by atomic mass is 79.9. The molecule has 4 nitrogen and oxygen atoms in total. The number of nitrogens with zero attached hydrogens (tertiary/aromatic N) is 1. The van der Waals surface area contributed by atoms with E-state index in [4.69, 9.17) is 0 Å². The smallest absolute Gasteiger partial charge is 0.242 e. The van der Waals surface area contributed by atoms with Crippen molar-refractivity contribution in [3.8, 4) is 0 Å². The predicted molar refractivity (Wildman–Crippen MR) is 125 cm³/mol. The van der Waals surface area contributed by atoms with E-state index >= 15 is 0 Å². The number of hydrogen-bond donors (Lipinski definition) is 1. The van der Waals surface area contributed by atoms with Gasteiger partial charge in [0.1, 0.15) is 6.04 Å². The second kappa shape index (κ2) is 11.4. The molecule has 0 spiro atoms. The second-order valence-corrected chi connectivity index (χ2v) is 9.11.